The molecule has 1 atom stereocenters. The van der Waals surface area contributed by atoms with E-state index in [0.717, 1.165) is 32.8 Å². The van der Waals surface area contributed by atoms with E-state index in [0.29, 0.717) is 6.04 Å². The van der Waals surface area contributed by atoms with Gasteiger partial charge in [-0.15, -0.1) is 6.58 Å². The van der Waals surface area contributed by atoms with Gasteiger partial charge in [0.2, 0.25) is 0 Å². The van der Waals surface area contributed by atoms with Crippen molar-refractivity contribution in [3.63, 3.8) is 0 Å². The Morgan fingerprint density at radius 2 is 2.15 bits per heavy atom. The second-order valence-corrected chi connectivity index (χ2v) is 2.94. The summed E-state index contributed by atoms with van der Waals surface area (Å²) < 4.78 is 10.2. The van der Waals surface area contributed by atoms with Crippen molar-refractivity contribution in [2.45, 2.75) is 19.4 Å². The molecule has 0 aromatic carbocycles. The molecule has 0 fully saturated rings. The first-order chi connectivity index (χ1) is 6.31. The molecule has 0 aromatic rings. The molecule has 3 nitrogen and oxygen atoms in total. The van der Waals surface area contributed by atoms with Crippen LogP contribution in [0.5, 0.6) is 0 Å². The standard InChI is InChI=1S/C10H21NO2/c1-4-10(2)11-6-9-13-8-5-7-12-3/h4,10-11H,1,5-9H2,2-3H3. The normalized spacial score (nSPS) is 12.8. The van der Waals surface area contributed by atoms with E-state index in [1.807, 2.05) is 6.08 Å². The van der Waals surface area contributed by atoms with Crippen LogP contribution in [0.2, 0.25) is 0 Å². The van der Waals surface area contributed by atoms with Crippen molar-refractivity contribution >= 4 is 0 Å². The first-order valence-corrected chi connectivity index (χ1v) is 4.74. The van der Waals surface area contributed by atoms with Gasteiger partial charge in [-0.25, -0.2) is 0 Å². The van der Waals surface area contributed by atoms with E-state index in [4.69, 9.17) is 9.47 Å². The molecule has 0 bridgehead atoms. The van der Waals surface area contributed by atoms with Gasteiger partial charge in [-0.3, -0.25) is 0 Å². The Kier molecular flexibility index (Phi) is 9.42. The predicted octanol–water partition coefficient (Wildman–Crippen LogP) is 1.20. The van der Waals surface area contributed by atoms with Gasteiger partial charge in [0.1, 0.15) is 0 Å². The second-order valence-electron chi connectivity index (χ2n) is 2.94. The maximum absolute atomic E-state index is 5.35. The molecule has 0 heterocycles. The summed E-state index contributed by atoms with van der Waals surface area (Å²) in [7, 11) is 1.70. The Labute approximate surface area is 81.1 Å². The van der Waals surface area contributed by atoms with Crippen LogP contribution in [0.15, 0.2) is 12.7 Å². The van der Waals surface area contributed by atoms with Gasteiger partial charge in [0.15, 0.2) is 0 Å². The fraction of sp³-hybridized carbons (Fsp3) is 0.800. The topological polar surface area (TPSA) is 30.5 Å². The van der Waals surface area contributed by atoms with Crippen LogP contribution in [0, 0.1) is 0 Å². The van der Waals surface area contributed by atoms with Crippen molar-refractivity contribution < 1.29 is 9.47 Å². The summed E-state index contributed by atoms with van der Waals surface area (Å²) >= 11 is 0. The van der Waals surface area contributed by atoms with Gasteiger partial charge in [-0.05, 0) is 13.3 Å². The summed E-state index contributed by atoms with van der Waals surface area (Å²) in [6.45, 7) is 8.92. The van der Waals surface area contributed by atoms with Crippen molar-refractivity contribution in [2.75, 3.05) is 33.5 Å². The fourth-order valence-corrected chi connectivity index (χ4v) is 0.849. The Morgan fingerprint density at radius 1 is 1.38 bits per heavy atom. The molecule has 0 aromatic heterocycles. The van der Waals surface area contributed by atoms with E-state index in [-0.39, 0.29) is 0 Å². The summed E-state index contributed by atoms with van der Waals surface area (Å²) in [5.74, 6) is 0. The van der Waals surface area contributed by atoms with Gasteiger partial charge in [0.25, 0.3) is 0 Å². The maximum Gasteiger partial charge on any atom is 0.0591 e. The van der Waals surface area contributed by atoms with E-state index >= 15 is 0 Å². The highest BCUT2D eigenvalue weighted by Gasteiger charge is 1.93. The molecule has 1 N–H and O–H groups in total. The summed E-state index contributed by atoms with van der Waals surface area (Å²) in [6, 6.07) is 0.363. The van der Waals surface area contributed by atoms with Gasteiger partial charge in [0, 0.05) is 32.9 Å². The molecule has 1 unspecified atom stereocenters. The minimum atomic E-state index is 0.363. The number of hydrogen-bond donors (Lipinski definition) is 1. The van der Waals surface area contributed by atoms with Crippen molar-refractivity contribution in [2.24, 2.45) is 0 Å². The number of nitrogens with one attached hydrogen (secondary N) is 1. The minimum absolute atomic E-state index is 0.363. The number of rotatable bonds is 9. The molecule has 78 valence electrons. The number of ether oxygens (including phenoxy) is 2. The Balaban J connectivity index is 2.95. The third kappa shape index (κ3) is 9.53. The van der Waals surface area contributed by atoms with Crippen molar-refractivity contribution in [3.05, 3.63) is 12.7 Å². The van der Waals surface area contributed by atoms with Gasteiger partial charge in [-0.1, -0.05) is 6.08 Å². The van der Waals surface area contributed by atoms with Gasteiger partial charge < -0.3 is 14.8 Å². The van der Waals surface area contributed by atoms with E-state index in [1.54, 1.807) is 7.11 Å². The SMILES string of the molecule is C=CC(C)NCCOCCCOC. The first kappa shape index (κ1) is 12.6. The van der Waals surface area contributed by atoms with Crippen LogP contribution in [0.3, 0.4) is 0 Å². The number of methoxy groups -OCH3 is 1. The average molecular weight is 187 g/mol. The van der Waals surface area contributed by atoms with Gasteiger partial charge in [0.05, 0.1) is 6.61 Å². The molecule has 0 amide bonds. The monoisotopic (exact) mass is 187 g/mol. The fourth-order valence-electron chi connectivity index (χ4n) is 0.849. The van der Waals surface area contributed by atoms with Crippen molar-refractivity contribution in [1.82, 2.24) is 5.32 Å². The Bertz CT molecular complexity index is 117. The molecule has 0 saturated heterocycles. The average Bonchev–Trinajstić information content (AvgIpc) is 2.16. The zero-order valence-corrected chi connectivity index (χ0v) is 8.71. The van der Waals surface area contributed by atoms with Crippen LogP contribution in [0.4, 0.5) is 0 Å². The van der Waals surface area contributed by atoms with Crippen LogP contribution in [0.25, 0.3) is 0 Å². The summed E-state index contributed by atoms with van der Waals surface area (Å²) in [4.78, 5) is 0. The molecular weight excluding hydrogens is 166 g/mol. The zero-order valence-electron chi connectivity index (χ0n) is 8.71. The smallest absolute Gasteiger partial charge is 0.0591 e. The highest BCUT2D eigenvalue weighted by atomic mass is 16.5. The molecule has 0 radical (unpaired) electrons. The lowest BCUT2D eigenvalue weighted by atomic mass is 10.3. The predicted molar refractivity (Wildman–Crippen MR) is 55.0 cm³/mol. The minimum Gasteiger partial charge on any atom is -0.385 e. The maximum atomic E-state index is 5.35. The van der Waals surface area contributed by atoms with Crippen LogP contribution < -0.4 is 5.32 Å². The largest absolute Gasteiger partial charge is 0.385 e. The van der Waals surface area contributed by atoms with E-state index < -0.39 is 0 Å². The highest BCUT2D eigenvalue weighted by molar-refractivity contribution is 4.80. The van der Waals surface area contributed by atoms with Crippen LogP contribution >= 0.6 is 0 Å². The molecular formula is C10H21NO2. The lowest BCUT2D eigenvalue weighted by molar-refractivity contribution is 0.104. The molecule has 0 rings (SSSR count). The molecule has 0 aliphatic carbocycles. The molecule has 13 heavy (non-hydrogen) atoms. The van der Waals surface area contributed by atoms with Gasteiger partial charge >= 0.3 is 0 Å². The number of hydrogen-bond acceptors (Lipinski definition) is 3. The molecule has 3 heteroatoms. The van der Waals surface area contributed by atoms with E-state index in [9.17, 15) is 0 Å². The summed E-state index contributed by atoms with van der Waals surface area (Å²) in [6.07, 6.45) is 2.85. The zero-order chi connectivity index (χ0) is 9.94. The van der Waals surface area contributed by atoms with E-state index in [1.165, 1.54) is 0 Å². The Hall–Kier alpha value is -0.380. The second kappa shape index (κ2) is 9.71. The molecule has 0 spiro atoms. The van der Waals surface area contributed by atoms with Crippen LogP contribution in [0.1, 0.15) is 13.3 Å². The lowest BCUT2D eigenvalue weighted by Crippen LogP contribution is -2.27. The van der Waals surface area contributed by atoms with Gasteiger partial charge in [-0.2, -0.15) is 0 Å². The van der Waals surface area contributed by atoms with Crippen LogP contribution in [-0.4, -0.2) is 39.5 Å². The molecule has 0 saturated carbocycles. The molecule has 0 aliphatic rings. The quantitative estimate of drug-likeness (QED) is 0.434. The van der Waals surface area contributed by atoms with Crippen LogP contribution in [-0.2, 0) is 9.47 Å². The van der Waals surface area contributed by atoms with E-state index in [2.05, 4.69) is 18.8 Å². The molecule has 0 aliphatic heterocycles. The third-order valence-electron chi connectivity index (χ3n) is 1.70. The summed E-state index contributed by atoms with van der Waals surface area (Å²) in [5.41, 5.74) is 0. The van der Waals surface area contributed by atoms with Crippen molar-refractivity contribution in [1.29, 1.82) is 0 Å². The first-order valence-electron chi connectivity index (χ1n) is 4.74. The van der Waals surface area contributed by atoms with Crippen molar-refractivity contribution in [3.8, 4) is 0 Å². The summed E-state index contributed by atoms with van der Waals surface area (Å²) in [5, 5.41) is 3.25. The Morgan fingerprint density at radius 3 is 2.77 bits per heavy atom. The lowest BCUT2D eigenvalue weighted by Gasteiger charge is -2.08. The highest BCUT2D eigenvalue weighted by Crippen LogP contribution is 1.84. The third-order valence-corrected chi connectivity index (χ3v) is 1.70.